The molecule has 19 heavy (non-hydrogen) atoms. The molecule has 1 aromatic rings. The summed E-state index contributed by atoms with van der Waals surface area (Å²) in [5.41, 5.74) is 2.93. The summed E-state index contributed by atoms with van der Waals surface area (Å²) in [5, 5.41) is 0. The second kappa shape index (κ2) is 3.72. The maximum absolute atomic E-state index is 4.10. The third kappa shape index (κ3) is 1.29. The van der Waals surface area contributed by atoms with E-state index in [2.05, 4.69) is 74.3 Å². The first-order chi connectivity index (χ1) is 8.95. The molecule has 0 saturated carbocycles. The van der Waals surface area contributed by atoms with Crippen LogP contribution in [0.25, 0.3) is 0 Å². The molecule has 0 fully saturated rings. The fraction of sp³-hybridized carbons (Fsp3) is 0.471. The van der Waals surface area contributed by atoms with Gasteiger partial charge in [0.2, 0.25) is 0 Å². The molecule has 3 rings (SSSR count). The van der Waals surface area contributed by atoms with Crippen LogP contribution in [0.2, 0.25) is 0 Å². The summed E-state index contributed by atoms with van der Waals surface area (Å²) in [4.78, 5) is 2.37. The average Bonchev–Trinajstić information content (AvgIpc) is 2.88. The number of anilines is 1. The molecule has 2 heteroatoms. The fourth-order valence-electron chi connectivity index (χ4n) is 4.05. The van der Waals surface area contributed by atoms with E-state index in [4.69, 9.17) is 0 Å². The lowest BCUT2D eigenvalue weighted by atomic mass is 9.61. The zero-order valence-electron chi connectivity index (χ0n) is 12.4. The van der Waals surface area contributed by atoms with E-state index in [-0.39, 0.29) is 10.8 Å². The molecular weight excluding hydrogens is 232 g/mol. The highest BCUT2D eigenvalue weighted by atomic mass is 15.3. The van der Waals surface area contributed by atoms with Gasteiger partial charge < -0.3 is 0 Å². The van der Waals surface area contributed by atoms with Crippen LogP contribution in [0.15, 0.2) is 36.9 Å². The number of benzene rings is 1. The summed E-state index contributed by atoms with van der Waals surface area (Å²) >= 11 is 0. The Labute approximate surface area is 116 Å². The lowest BCUT2D eigenvalue weighted by molar-refractivity contribution is -0.489. The number of hydrogen-bond acceptors (Lipinski definition) is 1. The van der Waals surface area contributed by atoms with Crippen molar-refractivity contribution in [1.29, 1.82) is 0 Å². The van der Waals surface area contributed by atoms with Crippen molar-refractivity contribution in [1.82, 2.24) is 0 Å². The Morgan fingerprint density at radius 1 is 1.37 bits per heavy atom. The van der Waals surface area contributed by atoms with Gasteiger partial charge in [0.05, 0.1) is 20.6 Å². The molecule has 2 aliphatic heterocycles. The molecule has 0 amide bonds. The van der Waals surface area contributed by atoms with Crippen LogP contribution in [-0.2, 0) is 5.41 Å². The lowest BCUT2D eigenvalue weighted by Gasteiger charge is -2.37. The van der Waals surface area contributed by atoms with Crippen molar-refractivity contribution < 1.29 is 4.58 Å². The predicted octanol–water partition coefficient (Wildman–Crippen LogP) is 3.03. The summed E-state index contributed by atoms with van der Waals surface area (Å²) < 4.78 is 2.41. The molecule has 1 unspecified atom stereocenters. The Morgan fingerprint density at radius 2 is 2.05 bits per heavy atom. The van der Waals surface area contributed by atoms with Gasteiger partial charge in [-0.25, -0.2) is 4.90 Å². The minimum atomic E-state index is 0.0496. The van der Waals surface area contributed by atoms with Crippen LogP contribution in [0, 0.1) is 5.41 Å². The van der Waals surface area contributed by atoms with Crippen molar-refractivity contribution in [3.05, 3.63) is 42.5 Å². The van der Waals surface area contributed by atoms with Crippen molar-refractivity contribution >= 4 is 11.5 Å². The Bertz CT molecular complexity index is 583. The molecule has 0 N–H and O–H groups in total. The Balaban J connectivity index is 2.36. The highest BCUT2D eigenvalue weighted by molar-refractivity contribution is 6.09. The van der Waals surface area contributed by atoms with E-state index < -0.39 is 0 Å². The van der Waals surface area contributed by atoms with Crippen LogP contribution in [-0.4, -0.2) is 31.1 Å². The number of amidine groups is 1. The minimum Gasteiger partial charge on any atom is -0.267 e. The number of nitrogens with zero attached hydrogens (tertiary/aromatic N) is 2. The summed E-state index contributed by atoms with van der Waals surface area (Å²) in [7, 11) is 4.40. The summed E-state index contributed by atoms with van der Waals surface area (Å²) in [5.74, 6) is 1.43. The van der Waals surface area contributed by atoms with Crippen molar-refractivity contribution in [3.63, 3.8) is 0 Å². The Morgan fingerprint density at radius 3 is 2.74 bits per heavy atom. The maximum atomic E-state index is 4.10. The van der Waals surface area contributed by atoms with Crippen molar-refractivity contribution in [3.8, 4) is 0 Å². The summed E-state index contributed by atoms with van der Waals surface area (Å²) in [6.45, 7) is 9.85. The molecular formula is C17H23N2+. The normalized spacial score (nSPS) is 25.6. The van der Waals surface area contributed by atoms with Gasteiger partial charge in [-0.3, -0.25) is 4.58 Å². The second-order valence-corrected chi connectivity index (χ2v) is 6.40. The van der Waals surface area contributed by atoms with Crippen LogP contribution < -0.4 is 4.90 Å². The Kier molecular flexibility index (Phi) is 2.44. The van der Waals surface area contributed by atoms with Crippen molar-refractivity contribution in [2.24, 2.45) is 5.41 Å². The number of likely N-dealkylation sites (N-methyl/N-ethyl adjacent to an activating group) is 1. The van der Waals surface area contributed by atoms with E-state index in [1.807, 2.05) is 0 Å². The molecule has 2 aliphatic rings. The number of hydrogen-bond donors (Lipinski definition) is 0. The highest BCUT2D eigenvalue weighted by Crippen LogP contribution is 2.55. The monoisotopic (exact) mass is 255 g/mol. The molecule has 0 saturated heterocycles. The van der Waals surface area contributed by atoms with Crippen molar-refractivity contribution in [2.75, 3.05) is 25.5 Å². The van der Waals surface area contributed by atoms with Crippen molar-refractivity contribution in [2.45, 2.75) is 25.7 Å². The molecule has 2 nitrogen and oxygen atoms in total. The van der Waals surface area contributed by atoms with Gasteiger partial charge in [-0.05, 0) is 6.07 Å². The van der Waals surface area contributed by atoms with Crippen LogP contribution in [0.3, 0.4) is 0 Å². The zero-order valence-corrected chi connectivity index (χ0v) is 12.4. The molecule has 0 aromatic heterocycles. The molecule has 100 valence electrons. The fourth-order valence-corrected chi connectivity index (χ4v) is 4.05. The largest absolute Gasteiger partial charge is 0.267 e. The van der Waals surface area contributed by atoms with E-state index in [0.29, 0.717) is 0 Å². The van der Waals surface area contributed by atoms with Crippen LogP contribution in [0.1, 0.15) is 25.8 Å². The van der Waals surface area contributed by atoms with E-state index in [0.717, 1.165) is 6.54 Å². The number of para-hydroxylation sites is 1. The molecule has 0 radical (unpaired) electrons. The maximum Gasteiger partial charge on any atom is 0.263 e. The first-order valence-corrected chi connectivity index (χ1v) is 7.01. The molecule has 2 heterocycles. The molecule has 1 aromatic carbocycles. The summed E-state index contributed by atoms with van der Waals surface area (Å²) in [6, 6.07) is 8.82. The van der Waals surface area contributed by atoms with Gasteiger partial charge in [0.15, 0.2) is 0 Å². The topological polar surface area (TPSA) is 6.25 Å². The quantitative estimate of drug-likeness (QED) is 0.581. The van der Waals surface area contributed by atoms with Crippen LogP contribution in [0.5, 0.6) is 0 Å². The van der Waals surface area contributed by atoms with Gasteiger partial charge in [0.25, 0.3) is 5.84 Å². The van der Waals surface area contributed by atoms with Gasteiger partial charge in [-0.1, -0.05) is 38.1 Å². The smallest absolute Gasteiger partial charge is 0.263 e. The third-order valence-electron chi connectivity index (χ3n) is 5.22. The number of rotatable bonds is 2. The van der Waals surface area contributed by atoms with E-state index in [1.165, 1.54) is 23.5 Å². The molecule has 0 spiro atoms. The van der Waals surface area contributed by atoms with Crippen LogP contribution in [0.4, 0.5) is 5.69 Å². The van der Waals surface area contributed by atoms with E-state index in [9.17, 15) is 0 Å². The standard InChI is InChI=1S/C17H23N2/c1-6-16(2,3)17-11-12-18(4)15(17)19(5)14-10-8-7-9-13(14)17/h6-10H,1,11-12H2,2-5H3/q+1. The third-order valence-corrected chi connectivity index (χ3v) is 5.22. The number of allylic oxidation sites excluding steroid dienone is 1. The second-order valence-electron chi connectivity index (χ2n) is 6.40. The van der Waals surface area contributed by atoms with Gasteiger partial charge in [0, 0.05) is 17.4 Å². The molecule has 1 atom stereocenters. The summed E-state index contributed by atoms with van der Waals surface area (Å²) in [6.07, 6.45) is 3.29. The number of fused-ring (bicyclic) bond motifs is 3. The Hall–Kier alpha value is -1.57. The van der Waals surface area contributed by atoms with Gasteiger partial charge >= 0.3 is 0 Å². The van der Waals surface area contributed by atoms with Gasteiger partial charge in [-0.15, -0.1) is 6.58 Å². The predicted molar refractivity (Wildman–Crippen MR) is 81.2 cm³/mol. The van der Waals surface area contributed by atoms with E-state index >= 15 is 0 Å². The SMILES string of the molecule is C=CC(C)(C)C12CC[N+](C)=C1N(C)c1ccccc12. The first-order valence-electron chi connectivity index (χ1n) is 7.01. The first kappa shape index (κ1) is 12.5. The van der Waals surface area contributed by atoms with E-state index in [1.54, 1.807) is 0 Å². The highest BCUT2D eigenvalue weighted by Gasteiger charge is 2.63. The zero-order chi connectivity index (χ0) is 13.8. The molecule has 0 bridgehead atoms. The van der Waals surface area contributed by atoms with Gasteiger partial charge in [0.1, 0.15) is 11.1 Å². The van der Waals surface area contributed by atoms with Crippen LogP contribution >= 0.6 is 0 Å². The average molecular weight is 255 g/mol. The minimum absolute atomic E-state index is 0.0496. The lowest BCUT2D eigenvalue weighted by Crippen LogP contribution is -2.47. The molecule has 0 aliphatic carbocycles. The van der Waals surface area contributed by atoms with Gasteiger partial charge in [-0.2, -0.15) is 0 Å².